The number of fused-ring (bicyclic) bond motifs is 1. The minimum Gasteiger partial charge on any atom is -0.484 e. The van der Waals surface area contributed by atoms with Gasteiger partial charge in [0.15, 0.2) is 6.61 Å². The third-order valence-electron chi connectivity index (χ3n) is 4.31. The van der Waals surface area contributed by atoms with Crippen molar-refractivity contribution in [1.82, 2.24) is 20.2 Å². The summed E-state index contributed by atoms with van der Waals surface area (Å²) >= 11 is 1.23. The van der Waals surface area contributed by atoms with Crippen molar-refractivity contribution in [3.05, 3.63) is 75.7 Å². The summed E-state index contributed by atoms with van der Waals surface area (Å²) in [7, 11) is 1.30. The molecule has 0 bridgehead atoms. The summed E-state index contributed by atoms with van der Waals surface area (Å²) in [5.74, 6) is 1.28. The van der Waals surface area contributed by atoms with Crippen molar-refractivity contribution in [3.8, 4) is 5.75 Å². The SMILES string of the molecule is COC(=O)c1ccc2c(=O)[nH]c(CSc3nnc(COc4cccc(C)c4)o3)nc2c1. The van der Waals surface area contributed by atoms with E-state index in [1.165, 1.54) is 31.0 Å². The average Bonchev–Trinajstić information content (AvgIpc) is 3.23. The van der Waals surface area contributed by atoms with E-state index >= 15 is 0 Å². The molecule has 1 N–H and O–H groups in total. The van der Waals surface area contributed by atoms with E-state index in [9.17, 15) is 9.59 Å². The van der Waals surface area contributed by atoms with Gasteiger partial charge in [-0.15, -0.1) is 10.2 Å². The molecule has 0 aliphatic carbocycles. The zero-order valence-electron chi connectivity index (χ0n) is 16.7. The van der Waals surface area contributed by atoms with Crippen LogP contribution in [-0.4, -0.2) is 33.2 Å². The number of hydrogen-bond acceptors (Lipinski definition) is 9. The lowest BCUT2D eigenvalue weighted by Gasteiger charge is -2.04. The molecular formula is C21H18N4O5S. The summed E-state index contributed by atoms with van der Waals surface area (Å²) in [4.78, 5) is 31.2. The lowest BCUT2D eigenvalue weighted by Crippen LogP contribution is -2.12. The number of rotatable bonds is 7. The van der Waals surface area contributed by atoms with Crippen molar-refractivity contribution in [2.75, 3.05) is 7.11 Å². The monoisotopic (exact) mass is 438 g/mol. The lowest BCUT2D eigenvalue weighted by atomic mass is 10.1. The van der Waals surface area contributed by atoms with Gasteiger partial charge in [0, 0.05) is 0 Å². The third-order valence-corrected chi connectivity index (χ3v) is 5.14. The molecule has 0 aliphatic rings. The third kappa shape index (κ3) is 4.92. The number of ether oxygens (including phenoxy) is 2. The minimum atomic E-state index is -0.494. The van der Waals surface area contributed by atoms with Crippen molar-refractivity contribution >= 4 is 28.6 Å². The van der Waals surface area contributed by atoms with Crippen LogP contribution in [0.25, 0.3) is 10.9 Å². The van der Waals surface area contributed by atoms with Crippen LogP contribution < -0.4 is 10.3 Å². The van der Waals surface area contributed by atoms with Gasteiger partial charge in [-0.2, -0.15) is 0 Å². The number of aromatic amines is 1. The first-order valence-electron chi connectivity index (χ1n) is 9.28. The molecule has 31 heavy (non-hydrogen) atoms. The second-order valence-electron chi connectivity index (χ2n) is 6.59. The van der Waals surface area contributed by atoms with Crippen LogP contribution in [0.4, 0.5) is 0 Å². The van der Waals surface area contributed by atoms with Gasteiger partial charge in [-0.1, -0.05) is 23.9 Å². The molecule has 0 amide bonds. The predicted molar refractivity (Wildman–Crippen MR) is 113 cm³/mol. The molecule has 158 valence electrons. The number of thioether (sulfide) groups is 1. The van der Waals surface area contributed by atoms with Crippen LogP contribution in [0.1, 0.15) is 27.6 Å². The number of benzene rings is 2. The maximum atomic E-state index is 12.3. The van der Waals surface area contributed by atoms with Gasteiger partial charge in [0.25, 0.3) is 16.7 Å². The molecule has 0 saturated carbocycles. The predicted octanol–water partition coefficient (Wildman–Crippen LogP) is 3.27. The normalized spacial score (nSPS) is 10.9. The largest absolute Gasteiger partial charge is 0.484 e. The van der Waals surface area contributed by atoms with Crippen molar-refractivity contribution in [1.29, 1.82) is 0 Å². The van der Waals surface area contributed by atoms with Gasteiger partial charge >= 0.3 is 5.97 Å². The first kappa shape index (κ1) is 20.6. The van der Waals surface area contributed by atoms with Gasteiger partial charge in [-0.25, -0.2) is 9.78 Å². The topological polar surface area (TPSA) is 120 Å². The molecule has 0 fully saturated rings. The Morgan fingerprint density at radius 2 is 2.06 bits per heavy atom. The Hall–Kier alpha value is -3.66. The van der Waals surface area contributed by atoms with Crippen LogP contribution in [0.15, 0.2) is 56.9 Å². The number of esters is 1. The van der Waals surface area contributed by atoms with Crippen LogP contribution in [0, 0.1) is 6.92 Å². The van der Waals surface area contributed by atoms with Gasteiger partial charge < -0.3 is 18.9 Å². The Labute approximate surface area is 180 Å². The van der Waals surface area contributed by atoms with Gasteiger partial charge in [0.2, 0.25) is 0 Å². The van der Waals surface area contributed by atoms with E-state index in [2.05, 4.69) is 20.2 Å². The molecule has 2 aromatic carbocycles. The molecule has 0 radical (unpaired) electrons. The minimum absolute atomic E-state index is 0.151. The number of aryl methyl sites for hydroxylation is 1. The summed E-state index contributed by atoms with van der Waals surface area (Å²) in [5.41, 5.74) is 1.52. The van der Waals surface area contributed by atoms with E-state index in [4.69, 9.17) is 13.9 Å². The van der Waals surface area contributed by atoms with Gasteiger partial charge in [0.1, 0.15) is 11.6 Å². The Morgan fingerprint density at radius 3 is 2.87 bits per heavy atom. The Kier molecular flexibility index (Phi) is 5.99. The van der Waals surface area contributed by atoms with E-state index in [0.29, 0.717) is 39.2 Å². The molecule has 2 aromatic heterocycles. The lowest BCUT2D eigenvalue weighted by molar-refractivity contribution is 0.0601. The summed E-state index contributed by atoms with van der Waals surface area (Å²) in [6, 6.07) is 12.3. The van der Waals surface area contributed by atoms with E-state index in [1.807, 2.05) is 31.2 Å². The second kappa shape index (κ2) is 9.00. The molecule has 10 heteroatoms. The quantitative estimate of drug-likeness (QED) is 0.342. The summed E-state index contributed by atoms with van der Waals surface area (Å²) in [6.07, 6.45) is 0. The number of nitrogens with zero attached hydrogens (tertiary/aromatic N) is 3. The van der Waals surface area contributed by atoms with E-state index < -0.39 is 5.97 Å². The highest BCUT2D eigenvalue weighted by Gasteiger charge is 2.12. The van der Waals surface area contributed by atoms with Crippen molar-refractivity contribution < 1.29 is 18.7 Å². The van der Waals surface area contributed by atoms with Gasteiger partial charge in [0.05, 0.1) is 29.3 Å². The first-order valence-corrected chi connectivity index (χ1v) is 10.3. The fourth-order valence-electron chi connectivity index (χ4n) is 2.84. The fraction of sp³-hybridized carbons (Fsp3) is 0.190. The molecule has 0 spiro atoms. The van der Waals surface area contributed by atoms with Crippen molar-refractivity contribution in [2.24, 2.45) is 0 Å². The average molecular weight is 438 g/mol. The van der Waals surface area contributed by atoms with Gasteiger partial charge in [-0.3, -0.25) is 4.79 Å². The zero-order valence-corrected chi connectivity index (χ0v) is 17.6. The van der Waals surface area contributed by atoms with Crippen LogP contribution in [0.2, 0.25) is 0 Å². The van der Waals surface area contributed by atoms with Crippen LogP contribution in [0.5, 0.6) is 5.75 Å². The van der Waals surface area contributed by atoms with Gasteiger partial charge in [-0.05, 0) is 42.8 Å². The van der Waals surface area contributed by atoms with Crippen LogP contribution in [0.3, 0.4) is 0 Å². The highest BCUT2D eigenvalue weighted by molar-refractivity contribution is 7.98. The summed E-state index contributed by atoms with van der Waals surface area (Å²) in [6.45, 7) is 2.13. The molecule has 4 aromatic rings. The zero-order chi connectivity index (χ0) is 21.8. The standard InChI is InChI=1S/C21H18N4O5S/c1-12-4-3-5-14(8-12)29-10-18-24-25-21(30-18)31-11-17-22-16-9-13(20(27)28-2)6-7-15(16)19(26)23-17/h3-9H,10-11H2,1-2H3,(H,22,23,26). The summed E-state index contributed by atoms with van der Waals surface area (Å²) in [5, 5.41) is 8.66. The number of carbonyl (C=O) groups excluding carboxylic acids is 1. The number of H-pyrrole nitrogens is 1. The molecule has 4 rings (SSSR count). The molecule has 2 heterocycles. The number of methoxy groups -OCH3 is 1. The maximum absolute atomic E-state index is 12.3. The molecular weight excluding hydrogens is 420 g/mol. The number of aromatic nitrogens is 4. The van der Waals surface area contributed by atoms with E-state index in [-0.39, 0.29) is 12.2 Å². The molecule has 0 unspecified atom stereocenters. The molecule has 9 nitrogen and oxygen atoms in total. The Balaban J connectivity index is 1.43. The molecule has 0 aliphatic heterocycles. The number of hydrogen-bond donors (Lipinski definition) is 1. The highest BCUT2D eigenvalue weighted by Crippen LogP contribution is 2.21. The van der Waals surface area contributed by atoms with E-state index in [0.717, 1.165) is 11.3 Å². The fourth-order valence-corrected chi connectivity index (χ4v) is 3.49. The maximum Gasteiger partial charge on any atom is 0.337 e. The highest BCUT2D eigenvalue weighted by atomic mass is 32.2. The second-order valence-corrected chi connectivity index (χ2v) is 7.52. The molecule has 0 saturated heterocycles. The number of carbonyl (C=O) groups is 1. The Morgan fingerprint density at radius 1 is 1.19 bits per heavy atom. The van der Waals surface area contributed by atoms with Crippen LogP contribution >= 0.6 is 11.8 Å². The summed E-state index contributed by atoms with van der Waals surface area (Å²) < 4.78 is 15.9. The molecule has 0 atom stereocenters. The smallest absolute Gasteiger partial charge is 0.337 e. The van der Waals surface area contributed by atoms with Crippen molar-refractivity contribution in [2.45, 2.75) is 24.5 Å². The first-order chi connectivity index (χ1) is 15.0. The van der Waals surface area contributed by atoms with Crippen molar-refractivity contribution in [3.63, 3.8) is 0 Å². The van der Waals surface area contributed by atoms with Crippen LogP contribution in [-0.2, 0) is 17.1 Å². The Bertz CT molecular complexity index is 1300. The number of nitrogens with one attached hydrogen (secondary N) is 1. The van der Waals surface area contributed by atoms with E-state index in [1.54, 1.807) is 6.07 Å².